The van der Waals surface area contributed by atoms with Crippen LogP contribution in [0.4, 0.5) is 4.79 Å². The number of piperidine rings is 1. The second kappa shape index (κ2) is 7.75. The third-order valence-corrected chi connectivity index (χ3v) is 6.08. The van der Waals surface area contributed by atoms with Crippen LogP contribution in [0.2, 0.25) is 0 Å². The molecule has 7 heteroatoms. The van der Waals surface area contributed by atoms with Gasteiger partial charge in [0.1, 0.15) is 5.54 Å². The van der Waals surface area contributed by atoms with E-state index >= 15 is 0 Å². The number of nitrogens with one attached hydrogen (secondary N) is 1. The van der Waals surface area contributed by atoms with Crippen LogP contribution in [0.15, 0.2) is 47.4 Å². The van der Waals surface area contributed by atoms with Crippen LogP contribution in [0, 0.1) is 5.92 Å². The van der Waals surface area contributed by atoms with Gasteiger partial charge in [-0.05, 0) is 56.5 Å². The maximum absolute atomic E-state index is 13.3. The largest absolute Gasteiger partial charge is 0.472 e. The van der Waals surface area contributed by atoms with Gasteiger partial charge in [-0.2, -0.15) is 0 Å². The molecule has 2 saturated heterocycles. The molecule has 4 rings (SSSR count). The van der Waals surface area contributed by atoms with Crippen LogP contribution in [0.5, 0.6) is 0 Å². The second-order valence-electron chi connectivity index (χ2n) is 7.65. The lowest BCUT2D eigenvalue weighted by molar-refractivity contribution is -0.134. The number of hydrogen-bond donors (Lipinski definition) is 1. The quantitative estimate of drug-likeness (QED) is 0.777. The molecule has 2 aliphatic rings. The smallest absolute Gasteiger partial charge is 0.325 e. The van der Waals surface area contributed by atoms with E-state index in [4.69, 9.17) is 4.42 Å². The van der Waals surface area contributed by atoms with Gasteiger partial charge >= 0.3 is 6.03 Å². The summed E-state index contributed by atoms with van der Waals surface area (Å²) < 4.78 is 5.15. The Hall–Kier alpha value is -2.67. The van der Waals surface area contributed by atoms with Crippen LogP contribution in [0.1, 0.15) is 37.4 Å². The molecule has 148 valence electrons. The number of carbonyl (C=O) groups excluding carboxylic acids is 2. The Labute approximate surface area is 164 Å². The highest BCUT2D eigenvalue weighted by molar-refractivity contribution is 6.07. The minimum absolute atomic E-state index is 0.112. The Morgan fingerprint density at radius 1 is 1.21 bits per heavy atom. The first-order valence-corrected chi connectivity index (χ1v) is 9.90. The number of urea groups is 1. The summed E-state index contributed by atoms with van der Waals surface area (Å²) in [5.74, 6) is 0.0298. The highest BCUT2D eigenvalue weighted by atomic mass is 16.3. The average Bonchev–Trinajstić information content (AvgIpc) is 3.32. The van der Waals surface area contributed by atoms with Crippen molar-refractivity contribution in [1.29, 1.82) is 0 Å². The van der Waals surface area contributed by atoms with Crippen molar-refractivity contribution in [3.05, 3.63) is 54.2 Å². The van der Waals surface area contributed by atoms with E-state index in [1.807, 2.05) is 31.2 Å². The molecule has 0 aliphatic carbocycles. The van der Waals surface area contributed by atoms with Crippen LogP contribution in [-0.2, 0) is 17.9 Å². The maximum Gasteiger partial charge on any atom is 0.325 e. The Morgan fingerprint density at radius 3 is 2.68 bits per heavy atom. The van der Waals surface area contributed by atoms with Crippen molar-refractivity contribution in [2.24, 2.45) is 5.92 Å². The molecule has 7 nitrogen and oxygen atoms in total. The number of furan rings is 1. The van der Waals surface area contributed by atoms with E-state index < -0.39 is 5.54 Å². The van der Waals surface area contributed by atoms with E-state index in [1.54, 1.807) is 18.7 Å². The number of imide groups is 1. The van der Waals surface area contributed by atoms with Gasteiger partial charge in [-0.15, -0.1) is 0 Å². The number of pyridine rings is 1. The second-order valence-corrected chi connectivity index (χ2v) is 7.65. The van der Waals surface area contributed by atoms with Crippen molar-refractivity contribution < 1.29 is 14.0 Å². The predicted octanol–water partition coefficient (Wildman–Crippen LogP) is 2.79. The molecule has 0 saturated carbocycles. The molecule has 1 unspecified atom stereocenters. The Kier molecular flexibility index (Phi) is 5.17. The predicted molar refractivity (Wildman–Crippen MR) is 103 cm³/mol. The molecule has 2 aliphatic heterocycles. The van der Waals surface area contributed by atoms with Gasteiger partial charge in [0.25, 0.3) is 5.91 Å². The lowest BCUT2D eigenvalue weighted by atomic mass is 9.75. The molecule has 2 aromatic heterocycles. The summed E-state index contributed by atoms with van der Waals surface area (Å²) in [5.41, 5.74) is 1.08. The minimum atomic E-state index is -0.798. The summed E-state index contributed by atoms with van der Waals surface area (Å²) in [4.78, 5) is 33.9. The first kappa shape index (κ1) is 18.7. The van der Waals surface area contributed by atoms with Crippen molar-refractivity contribution in [2.75, 3.05) is 13.1 Å². The number of rotatable bonds is 6. The molecule has 0 bridgehead atoms. The lowest BCUT2D eigenvalue weighted by Gasteiger charge is -2.40. The summed E-state index contributed by atoms with van der Waals surface area (Å²) in [6.45, 7) is 4.86. The topological polar surface area (TPSA) is 78.7 Å². The third kappa shape index (κ3) is 3.42. The number of hydrogen-bond acceptors (Lipinski definition) is 5. The number of nitrogens with zero attached hydrogens (tertiary/aromatic N) is 3. The Balaban J connectivity index is 1.44. The van der Waals surface area contributed by atoms with Crippen molar-refractivity contribution >= 4 is 11.9 Å². The fourth-order valence-corrected chi connectivity index (χ4v) is 4.47. The molecule has 4 heterocycles. The standard InChI is InChI=1S/C21H26N4O3/c1-2-21(17-6-10-24(11-7-17)13-16-8-12-28-15-16)19(26)25(20(27)23-21)14-18-5-3-4-9-22-18/h3-5,8-9,12,15,17H,2,6-7,10-11,13-14H2,1H3,(H,23,27). The fraction of sp³-hybridized carbons (Fsp3) is 0.476. The molecule has 3 amide bonds. The third-order valence-electron chi connectivity index (χ3n) is 6.08. The van der Waals surface area contributed by atoms with Crippen LogP contribution in [0.25, 0.3) is 0 Å². The van der Waals surface area contributed by atoms with Gasteiger partial charge < -0.3 is 9.73 Å². The van der Waals surface area contributed by atoms with Gasteiger partial charge in [-0.25, -0.2) is 4.79 Å². The van der Waals surface area contributed by atoms with E-state index in [0.717, 1.165) is 38.0 Å². The number of carbonyl (C=O) groups is 2. The van der Waals surface area contributed by atoms with Crippen molar-refractivity contribution in [1.82, 2.24) is 20.1 Å². The SMILES string of the molecule is CCC1(C2CCN(Cc3ccoc3)CC2)NC(=O)N(Cc2ccccn2)C1=O. The Bertz CT molecular complexity index is 815. The van der Waals surface area contributed by atoms with Gasteiger partial charge in [0.15, 0.2) is 0 Å². The molecule has 2 aromatic rings. The first-order chi connectivity index (χ1) is 13.6. The van der Waals surface area contributed by atoms with Crippen molar-refractivity contribution in [3.63, 3.8) is 0 Å². The van der Waals surface area contributed by atoms with Crippen LogP contribution in [-0.4, -0.2) is 45.4 Å². The summed E-state index contributed by atoms with van der Waals surface area (Å²) in [6, 6.07) is 7.20. The molecular weight excluding hydrogens is 356 g/mol. The summed E-state index contributed by atoms with van der Waals surface area (Å²) in [5, 5.41) is 3.04. The Morgan fingerprint density at radius 2 is 2.04 bits per heavy atom. The number of amides is 3. The highest BCUT2D eigenvalue weighted by Gasteiger charge is 2.54. The van der Waals surface area contributed by atoms with Crippen LogP contribution < -0.4 is 5.32 Å². The van der Waals surface area contributed by atoms with Gasteiger partial charge in [-0.3, -0.25) is 19.6 Å². The zero-order chi connectivity index (χ0) is 19.6. The number of likely N-dealkylation sites (tertiary alicyclic amines) is 1. The van der Waals surface area contributed by atoms with Crippen molar-refractivity contribution in [3.8, 4) is 0 Å². The van der Waals surface area contributed by atoms with Gasteiger partial charge in [0.2, 0.25) is 0 Å². The normalized spacial score (nSPS) is 24.0. The highest BCUT2D eigenvalue weighted by Crippen LogP contribution is 2.36. The monoisotopic (exact) mass is 382 g/mol. The zero-order valence-electron chi connectivity index (χ0n) is 16.1. The van der Waals surface area contributed by atoms with E-state index in [-0.39, 0.29) is 24.4 Å². The summed E-state index contributed by atoms with van der Waals surface area (Å²) >= 11 is 0. The lowest BCUT2D eigenvalue weighted by Crippen LogP contribution is -2.55. The van der Waals surface area contributed by atoms with Gasteiger partial charge in [0.05, 0.1) is 24.8 Å². The van der Waals surface area contributed by atoms with Gasteiger partial charge in [0, 0.05) is 18.3 Å². The van der Waals surface area contributed by atoms with Crippen LogP contribution in [0.3, 0.4) is 0 Å². The van der Waals surface area contributed by atoms with Crippen molar-refractivity contribution in [2.45, 2.75) is 44.8 Å². The molecule has 2 fully saturated rings. The summed E-state index contributed by atoms with van der Waals surface area (Å²) in [7, 11) is 0. The molecule has 1 N–H and O–H groups in total. The average molecular weight is 382 g/mol. The molecule has 0 spiro atoms. The minimum Gasteiger partial charge on any atom is -0.472 e. The van der Waals surface area contributed by atoms with E-state index in [0.29, 0.717) is 12.1 Å². The van der Waals surface area contributed by atoms with Gasteiger partial charge in [-0.1, -0.05) is 13.0 Å². The molecule has 1 atom stereocenters. The van der Waals surface area contributed by atoms with E-state index in [9.17, 15) is 9.59 Å². The number of aromatic nitrogens is 1. The van der Waals surface area contributed by atoms with E-state index in [2.05, 4.69) is 15.2 Å². The zero-order valence-corrected chi connectivity index (χ0v) is 16.1. The summed E-state index contributed by atoms with van der Waals surface area (Å²) in [6.07, 6.45) is 7.51. The first-order valence-electron chi connectivity index (χ1n) is 9.90. The fourth-order valence-electron chi connectivity index (χ4n) is 4.47. The molecule has 28 heavy (non-hydrogen) atoms. The van der Waals surface area contributed by atoms with Crippen LogP contribution >= 0.6 is 0 Å². The maximum atomic E-state index is 13.3. The molecule has 0 aromatic carbocycles. The molecular formula is C21H26N4O3. The van der Waals surface area contributed by atoms with E-state index in [1.165, 1.54) is 4.90 Å². The molecule has 0 radical (unpaired) electrons.